The third-order valence-electron chi connectivity index (χ3n) is 5.23. The molecule has 1 aromatic heterocycles. The van der Waals surface area contributed by atoms with Gasteiger partial charge in [-0.15, -0.1) is 0 Å². The normalized spacial score (nSPS) is 17.7. The van der Waals surface area contributed by atoms with Crippen molar-refractivity contribution in [1.82, 2.24) is 25.3 Å². The zero-order valence-electron chi connectivity index (χ0n) is 17.1. The fourth-order valence-electron chi connectivity index (χ4n) is 3.22. The van der Waals surface area contributed by atoms with Crippen molar-refractivity contribution in [1.29, 1.82) is 0 Å². The van der Waals surface area contributed by atoms with Crippen LogP contribution in [0.5, 0.6) is 0 Å². The summed E-state index contributed by atoms with van der Waals surface area (Å²) >= 11 is 0. The Morgan fingerprint density at radius 1 is 1.36 bits per heavy atom. The number of aryl methyl sites for hydroxylation is 2. The van der Waals surface area contributed by atoms with E-state index in [0.717, 1.165) is 37.2 Å². The number of aliphatic imine (C=N–C) groups is 1. The first-order valence-corrected chi connectivity index (χ1v) is 9.59. The van der Waals surface area contributed by atoms with E-state index in [2.05, 4.69) is 62.3 Å². The van der Waals surface area contributed by atoms with Crippen molar-refractivity contribution in [2.75, 3.05) is 20.1 Å². The molecule has 0 radical (unpaired) electrons. The summed E-state index contributed by atoms with van der Waals surface area (Å²) in [7, 11) is 4.22. The van der Waals surface area contributed by atoms with Gasteiger partial charge in [0.05, 0.1) is 12.2 Å². The van der Waals surface area contributed by atoms with Gasteiger partial charge in [0, 0.05) is 37.4 Å². The Labute approximate surface area is 153 Å². The maximum Gasteiger partial charge on any atom is 0.191 e. The first-order valence-electron chi connectivity index (χ1n) is 9.59. The van der Waals surface area contributed by atoms with Gasteiger partial charge >= 0.3 is 0 Å². The Morgan fingerprint density at radius 2 is 2.04 bits per heavy atom. The minimum atomic E-state index is 0.302. The molecule has 1 saturated carbocycles. The average molecular weight is 349 g/mol. The highest BCUT2D eigenvalue weighted by Gasteiger charge is 2.28. The number of nitrogens with one attached hydrogen (secondary N) is 2. The zero-order valence-corrected chi connectivity index (χ0v) is 17.1. The van der Waals surface area contributed by atoms with Crippen molar-refractivity contribution in [3.8, 4) is 0 Å². The SMILES string of the molecule is CCNC(=NCC(C)N(C)C1CC1)NC(C)Cc1c(C)nn(C)c1C. The molecule has 2 atom stereocenters. The van der Waals surface area contributed by atoms with Crippen LogP contribution < -0.4 is 10.6 Å². The number of hydrogen-bond acceptors (Lipinski definition) is 3. The van der Waals surface area contributed by atoms with Crippen molar-refractivity contribution < 1.29 is 0 Å². The van der Waals surface area contributed by atoms with Crippen molar-refractivity contribution >= 4 is 5.96 Å². The van der Waals surface area contributed by atoms with Crippen molar-refractivity contribution in [3.05, 3.63) is 17.0 Å². The first-order chi connectivity index (χ1) is 11.8. The lowest BCUT2D eigenvalue weighted by atomic mass is 10.1. The van der Waals surface area contributed by atoms with Gasteiger partial charge in [-0.3, -0.25) is 14.6 Å². The second-order valence-corrected chi connectivity index (χ2v) is 7.49. The quantitative estimate of drug-likeness (QED) is 0.557. The summed E-state index contributed by atoms with van der Waals surface area (Å²) in [5.74, 6) is 0.908. The molecular weight excluding hydrogens is 312 g/mol. The topological polar surface area (TPSA) is 57.5 Å². The van der Waals surface area contributed by atoms with E-state index in [1.54, 1.807) is 0 Å². The van der Waals surface area contributed by atoms with Gasteiger partial charge in [-0.1, -0.05) is 0 Å². The molecule has 1 aliphatic rings. The molecular formula is C19H36N6. The van der Waals surface area contributed by atoms with Crippen LogP contribution in [0.25, 0.3) is 0 Å². The van der Waals surface area contributed by atoms with Gasteiger partial charge in [0.25, 0.3) is 0 Å². The van der Waals surface area contributed by atoms with Crippen LogP contribution in [0.4, 0.5) is 0 Å². The molecule has 25 heavy (non-hydrogen) atoms. The monoisotopic (exact) mass is 348 g/mol. The Hall–Kier alpha value is -1.56. The molecule has 2 unspecified atom stereocenters. The summed E-state index contributed by atoms with van der Waals surface area (Å²) in [4.78, 5) is 7.27. The summed E-state index contributed by atoms with van der Waals surface area (Å²) in [6.07, 6.45) is 3.63. The summed E-state index contributed by atoms with van der Waals surface area (Å²) in [5.41, 5.74) is 3.70. The maximum absolute atomic E-state index is 4.81. The van der Waals surface area contributed by atoms with E-state index in [9.17, 15) is 0 Å². The van der Waals surface area contributed by atoms with E-state index in [1.807, 2.05) is 11.7 Å². The molecule has 0 bridgehead atoms. The van der Waals surface area contributed by atoms with Crippen LogP contribution in [-0.2, 0) is 13.5 Å². The molecule has 0 aromatic carbocycles. The van der Waals surface area contributed by atoms with Crippen LogP contribution in [0.3, 0.4) is 0 Å². The lowest BCUT2D eigenvalue weighted by molar-refractivity contribution is 0.253. The number of guanidine groups is 1. The van der Waals surface area contributed by atoms with Crippen molar-refractivity contribution in [3.63, 3.8) is 0 Å². The molecule has 1 aliphatic carbocycles. The zero-order chi connectivity index (χ0) is 18.6. The Bertz CT molecular complexity index is 587. The van der Waals surface area contributed by atoms with E-state index in [1.165, 1.54) is 24.1 Å². The molecule has 0 saturated heterocycles. The number of nitrogens with zero attached hydrogens (tertiary/aromatic N) is 4. The van der Waals surface area contributed by atoms with Gasteiger partial charge in [0.2, 0.25) is 0 Å². The van der Waals surface area contributed by atoms with Crippen LogP contribution >= 0.6 is 0 Å². The van der Waals surface area contributed by atoms with Crippen molar-refractivity contribution in [2.45, 2.75) is 72.0 Å². The smallest absolute Gasteiger partial charge is 0.191 e. The van der Waals surface area contributed by atoms with Gasteiger partial charge < -0.3 is 10.6 Å². The van der Waals surface area contributed by atoms with Crippen LogP contribution in [0, 0.1) is 13.8 Å². The summed E-state index contributed by atoms with van der Waals surface area (Å²) in [6.45, 7) is 12.5. The summed E-state index contributed by atoms with van der Waals surface area (Å²) < 4.78 is 1.96. The molecule has 0 spiro atoms. The number of likely N-dealkylation sites (N-methyl/N-ethyl adjacent to an activating group) is 1. The molecule has 2 N–H and O–H groups in total. The number of aromatic nitrogens is 2. The van der Waals surface area contributed by atoms with E-state index in [0.29, 0.717) is 12.1 Å². The van der Waals surface area contributed by atoms with Gasteiger partial charge in [0.15, 0.2) is 5.96 Å². The van der Waals surface area contributed by atoms with E-state index >= 15 is 0 Å². The molecule has 142 valence electrons. The van der Waals surface area contributed by atoms with E-state index in [-0.39, 0.29) is 0 Å². The summed E-state index contributed by atoms with van der Waals surface area (Å²) in [5, 5.41) is 11.4. The van der Waals surface area contributed by atoms with E-state index < -0.39 is 0 Å². The highest BCUT2D eigenvalue weighted by atomic mass is 15.3. The maximum atomic E-state index is 4.81. The minimum absolute atomic E-state index is 0.302. The third kappa shape index (κ3) is 5.46. The van der Waals surface area contributed by atoms with E-state index in [4.69, 9.17) is 4.99 Å². The fraction of sp³-hybridized carbons (Fsp3) is 0.789. The van der Waals surface area contributed by atoms with Gasteiger partial charge in [-0.05, 0) is 66.5 Å². The van der Waals surface area contributed by atoms with Crippen LogP contribution in [0.15, 0.2) is 4.99 Å². The van der Waals surface area contributed by atoms with Gasteiger partial charge in [0.1, 0.15) is 0 Å². The predicted octanol–water partition coefficient (Wildman–Crippen LogP) is 2.01. The van der Waals surface area contributed by atoms with Crippen molar-refractivity contribution in [2.24, 2.45) is 12.0 Å². The third-order valence-corrected chi connectivity index (χ3v) is 5.23. The molecule has 6 nitrogen and oxygen atoms in total. The second-order valence-electron chi connectivity index (χ2n) is 7.49. The molecule has 0 amide bonds. The Morgan fingerprint density at radius 3 is 2.56 bits per heavy atom. The van der Waals surface area contributed by atoms with Crippen LogP contribution in [0.1, 0.15) is 50.6 Å². The second kappa shape index (κ2) is 8.70. The fourth-order valence-corrected chi connectivity index (χ4v) is 3.22. The Kier molecular flexibility index (Phi) is 6.87. The number of hydrogen-bond donors (Lipinski definition) is 2. The molecule has 1 aromatic rings. The standard InChI is InChI=1S/C19H36N6/c1-8-20-19(21-12-14(3)24(6)17-9-10-17)22-13(2)11-18-15(4)23-25(7)16(18)5/h13-14,17H,8-12H2,1-7H3,(H2,20,21,22). The molecule has 1 fully saturated rings. The molecule has 0 aliphatic heterocycles. The van der Waals surface area contributed by atoms with Crippen LogP contribution in [-0.4, -0.2) is 58.9 Å². The average Bonchev–Trinajstić information content (AvgIpc) is 3.37. The minimum Gasteiger partial charge on any atom is -0.357 e. The lowest BCUT2D eigenvalue weighted by Gasteiger charge is -2.24. The van der Waals surface area contributed by atoms with Gasteiger partial charge in [-0.25, -0.2) is 0 Å². The molecule has 1 heterocycles. The number of rotatable bonds is 8. The predicted molar refractivity (Wildman–Crippen MR) is 105 cm³/mol. The van der Waals surface area contributed by atoms with Crippen LogP contribution in [0.2, 0.25) is 0 Å². The Balaban J connectivity index is 1.93. The summed E-state index contributed by atoms with van der Waals surface area (Å²) in [6, 6.07) is 1.55. The highest BCUT2D eigenvalue weighted by molar-refractivity contribution is 5.80. The lowest BCUT2D eigenvalue weighted by Crippen LogP contribution is -2.44. The largest absolute Gasteiger partial charge is 0.357 e. The molecule has 6 heteroatoms. The first kappa shape index (κ1) is 19.8. The highest BCUT2D eigenvalue weighted by Crippen LogP contribution is 2.26. The van der Waals surface area contributed by atoms with Gasteiger partial charge in [-0.2, -0.15) is 5.10 Å². The molecule has 2 rings (SSSR count).